The predicted octanol–water partition coefficient (Wildman–Crippen LogP) is 0.334. The lowest BCUT2D eigenvalue weighted by molar-refractivity contribution is -0.131. The van der Waals surface area contributed by atoms with Crippen molar-refractivity contribution in [2.24, 2.45) is 0 Å². The Bertz CT molecular complexity index is 304. The summed E-state index contributed by atoms with van der Waals surface area (Å²) in [5.41, 5.74) is 6.07. The summed E-state index contributed by atoms with van der Waals surface area (Å²) in [6.07, 6.45) is 3.19. The highest BCUT2D eigenvalue weighted by atomic mass is 16.2. The van der Waals surface area contributed by atoms with E-state index in [1.54, 1.807) is 15.8 Å². The van der Waals surface area contributed by atoms with Crippen LogP contribution >= 0.6 is 0 Å². The van der Waals surface area contributed by atoms with Gasteiger partial charge < -0.3 is 10.6 Å². The van der Waals surface area contributed by atoms with Crippen molar-refractivity contribution in [2.75, 3.05) is 18.8 Å². The maximum atomic E-state index is 11.6. The van der Waals surface area contributed by atoms with Crippen molar-refractivity contribution < 1.29 is 4.79 Å². The molecule has 0 aliphatic heterocycles. The van der Waals surface area contributed by atoms with Crippen LogP contribution in [0.1, 0.15) is 13.8 Å². The normalized spacial score (nSPS) is 10.1. The van der Waals surface area contributed by atoms with Crippen molar-refractivity contribution >= 4 is 11.6 Å². The summed E-state index contributed by atoms with van der Waals surface area (Å²) in [7, 11) is 0. The van der Waals surface area contributed by atoms with E-state index in [-0.39, 0.29) is 12.5 Å². The van der Waals surface area contributed by atoms with Gasteiger partial charge in [-0.15, -0.1) is 0 Å². The van der Waals surface area contributed by atoms with Crippen LogP contribution in [0.15, 0.2) is 12.4 Å². The number of hydrogen-bond donors (Lipinski definition) is 1. The second-order valence-corrected chi connectivity index (χ2v) is 3.04. The van der Waals surface area contributed by atoms with Crippen LogP contribution in [0.3, 0.4) is 0 Å². The maximum absolute atomic E-state index is 11.6. The molecule has 2 N–H and O–H groups in total. The first kappa shape index (κ1) is 10.6. The van der Waals surface area contributed by atoms with Crippen molar-refractivity contribution in [1.82, 2.24) is 14.7 Å². The fourth-order valence-electron chi connectivity index (χ4n) is 1.28. The van der Waals surface area contributed by atoms with Gasteiger partial charge in [-0.2, -0.15) is 5.10 Å². The number of carbonyl (C=O) groups excluding carboxylic acids is 1. The molecule has 1 rings (SSSR count). The Hall–Kier alpha value is -1.52. The van der Waals surface area contributed by atoms with Gasteiger partial charge in [-0.3, -0.25) is 9.48 Å². The van der Waals surface area contributed by atoms with Gasteiger partial charge in [-0.25, -0.2) is 0 Å². The van der Waals surface area contributed by atoms with E-state index in [1.807, 2.05) is 13.8 Å². The summed E-state index contributed by atoms with van der Waals surface area (Å²) in [4.78, 5) is 13.4. The second-order valence-electron chi connectivity index (χ2n) is 3.04. The van der Waals surface area contributed by atoms with E-state index in [0.717, 1.165) is 13.1 Å². The van der Waals surface area contributed by atoms with E-state index in [1.165, 1.54) is 6.20 Å². The molecule has 78 valence electrons. The number of aromatic nitrogens is 2. The molecule has 1 amide bonds. The summed E-state index contributed by atoms with van der Waals surface area (Å²) in [6.45, 7) is 5.63. The Labute approximate surface area is 83.5 Å². The van der Waals surface area contributed by atoms with Crippen LogP contribution in [0, 0.1) is 0 Å². The fourth-order valence-corrected chi connectivity index (χ4v) is 1.28. The predicted molar refractivity (Wildman–Crippen MR) is 54.6 cm³/mol. The van der Waals surface area contributed by atoms with Crippen LogP contribution in [0.25, 0.3) is 0 Å². The lowest BCUT2D eigenvalue weighted by Gasteiger charge is -2.18. The van der Waals surface area contributed by atoms with Crippen LogP contribution in [0.4, 0.5) is 5.69 Å². The zero-order chi connectivity index (χ0) is 10.6. The van der Waals surface area contributed by atoms with Gasteiger partial charge in [0.15, 0.2) is 0 Å². The molecule has 0 bridgehead atoms. The largest absolute Gasteiger partial charge is 0.396 e. The molecule has 0 aliphatic carbocycles. The molecule has 0 spiro atoms. The van der Waals surface area contributed by atoms with Crippen molar-refractivity contribution in [3.05, 3.63) is 12.4 Å². The summed E-state index contributed by atoms with van der Waals surface area (Å²) in [5, 5.41) is 3.95. The summed E-state index contributed by atoms with van der Waals surface area (Å²) < 4.78 is 1.55. The lowest BCUT2D eigenvalue weighted by atomic mass is 10.4. The first-order valence-corrected chi connectivity index (χ1v) is 4.73. The van der Waals surface area contributed by atoms with E-state index in [9.17, 15) is 4.79 Å². The van der Waals surface area contributed by atoms with E-state index in [2.05, 4.69) is 5.10 Å². The quantitative estimate of drug-likeness (QED) is 0.755. The van der Waals surface area contributed by atoms with Crippen molar-refractivity contribution in [3.8, 4) is 0 Å². The summed E-state index contributed by atoms with van der Waals surface area (Å²) >= 11 is 0. The van der Waals surface area contributed by atoms with Crippen molar-refractivity contribution in [3.63, 3.8) is 0 Å². The van der Waals surface area contributed by atoms with Gasteiger partial charge in [0.1, 0.15) is 6.54 Å². The molecule has 5 heteroatoms. The zero-order valence-electron chi connectivity index (χ0n) is 8.60. The Balaban J connectivity index is 2.56. The number of likely N-dealkylation sites (N-methyl/N-ethyl adjacent to an activating group) is 1. The van der Waals surface area contributed by atoms with Gasteiger partial charge in [-0.1, -0.05) is 0 Å². The van der Waals surface area contributed by atoms with Gasteiger partial charge in [0, 0.05) is 19.3 Å². The van der Waals surface area contributed by atoms with Gasteiger partial charge in [0.05, 0.1) is 11.9 Å². The van der Waals surface area contributed by atoms with Crippen LogP contribution in [-0.2, 0) is 11.3 Å². The number of hydrogen-bond acceptors (Lipinski definition) is 3. The van der Waals surface area contributed by atoms with Crippen LogP contribution in [0.2, 0.25) is 0 Å². The fraction of sp³-hybridized carbons (Fsp3) is 0.556. The average Bonchev–Trinajstić information content (AvgIpc) is 2.53. The van der Waals surface area contributed by atoms with Gasteiger partial charge in [0.2, 0.25) is 5.91 Å². The average molecular weight is 196 g/mol. The van der Waals surface area contributed by atoms with Crippen molar-refractivity contribution in [1.29, 1.82) is 0 Å². The van der Waals surface area contributed by atoms with Crippen molar-refractivity contribution in [2.45, 2.75) is 20.4 Å². The standard InChI is InChI=1S/C9H16N4O/c1-3-12(4-2)9(14)7-13-6-8(10)5-11-13/h5-6H,3-4,7,10H2,1-2H3. The van der Waals surface area contributed by atoms with E-state index in [4.69, 9.17) is 5.73 Å². The second kappa shape index (κ2) is 4.64. The lowest BCUT2D eigenvalue weighted by Crippen LogP contribution is -2.33. The zero-order valence-corrected chi connectivity index (χ0v) is 8.60. The highest BCUT2D eigenvalue weighted by Crippen LogP contribution is 1.99. The number of nitrogens with two attached hydrogens (primary N) is 1. The number of rotatable bonds is 4. The molecular formula is C9H16N4O. The Morgan fingerprint density at radius 1 is 1.57 bits per heavy atom. The molecule has 0 fully saturated rings. The minimum absolute atomic E-state index is 0.0677. The molecule has 1 aromatic heterocycles. The first-order valence-electron chi connectivity index (χ1n) is 4.73. The molecule has 0 radical (unpaired) electrons. The number of nitrogen functional groups attached to an aromatic ring is 1. The first-order chi connectivity index (χ1) is 6.67. The van der Waals surface area contributed by atoms with Gasteiger partial charge in [0.25, 0.3) is 0 Å². The third-order valence-electron chi connectivity index (χ3n) is 2.07. The molecule has 0 atom stereocenters. The number of nitrogens with zero attached hydrogens (tertiary/aromatic N) is 3. The maximum Gasteiger partial charge on any atom is 0.244 e. The molecular weight excluding hydrogens is 180 g/mol. The molecule has 5 nitrogen and oxygen atoms in total. The Kier molecular flexibility index (Phi) is 3.50. The minimum atomic E-state index is 0.0677. The Morgan fingerprint density at radius 3 is 2.64 bits per heavy atom. The number of anilines is 1. The Morgan fingerprint density at radius 2 is 2.21 bits per heavy atom. The summed E-state index contributed by atoms with van der Waals surface area (Å²) in [5.74, 6) is 0.0677. The monoisotopic (exact) mass is 196 g/mol. The van der Waals surface area contributed by atoms with Gasteiger partial charge >= 0.3 is 0 Å². The summed E-state index contributed by atoms with van der Waals surface area (Å²) in [6, 6.07) is 0. The molecule has 0 saturated heterocycles. The highest BCUT2D eigenvalue weighted by molar-refractivity contribution is 5.75. The molecule has 0 saturated carbocycles. The SMILES string of the molecule is CCN(CC)C(=O)Cn1cc(N)cn1. The number of carbonyl (C=O) groups is 1. The third kappa shape index (κ3) is 2.48. The van der Waals surface area contributed by atoms with E-state index in [0.29, 0.717) is 5.69 Å². The molecule has 1 heterocycles. The van der Waals surface area contributed by atoms with Gasteiger partial charge in [-0.05, 0) is 13.8 Å². The molecule has 0 unspecified atom stereocenters. The molecule has 1 aromatic rings. The smallest absolute Gasteiger partial charge is 0.244 e. The third-order valence-corrected chi connectivity index (χ3v) is 2.07. The highest BCUT2D eigenvalue weighted by Gasteiger charge is 2.10. The minimum Gasteiger partial charge on any atom is -0.396 e. The van der Waals surface area contributed by atoms with E-state index < -0.39 is 0 Å². The topological polar surface area (TPSA) is 64.2 Å². The molecule has 0 aromatic carbocycles. The van der Waals surface area contributed by atoms with Crippen LogP contribution < -0.4 is 5.73 Å². The van der Waals surface area contributed by atoms with E-state index >= 15 is 0 Å². The molecule has 0 aliphatic rings. The number of amides is 1. The van der Waals surface area contributed by atoms with Crippen LogP contribution in [0.5, 0.6) is 0 Å². The molecule has 14 heavy (non-hydrogen) atoms. The van der Waals surface area contributed by atoms with Crippen LogP contribution in [-0.4, -0.2) is 33.7 Å².